The van der Waals surface area contributed by atoms with Gasteiger partial charge in [0.25, 0.3) is 5.91 Å². The van der Waals surface area contributed by atoms with Crippen LogP contribution in [0.2, 0.25) is 5.02 Å². The Morgan fingerprint density at radius 1 is 1.09 bits per heavy atom. The van der Waals surface area contributed by atoms with E-state index in [0.29, 0.717) is 42.3 Å². The average molecular weight is 506 g/mol. The molecule has 1 aromatic carbocycles. The van der Waals surface area contributed by atoms with Crippen molar-refractivity contribution in [2.45, 2.75) is 50.2 Å². The molecule has 0 aliphatic heterocycles. The molecule has 1 fully saturated rings. The zero-order valence-corrected chi connectivity index (χ0v) is 18.1. The Morgan fingerprint density at radius 3 is 2.50 bits per heavy atom. The topological polar surface area (TPSA) is 71.8 Å². The van der Waals surface area contributed by atoms with Crippen LogP contribution in [0.15, 0.2) is 36.7 Å². The fourth-order valence-electron chi connectivity index (χ4n) is 3.98. The van der Waals surface area contributed by atoms with Gasteiger partial charge in [-0.25, -0.2) is 4.98 Å². The number of aromatic nitrogens is 3. The Kier molecular flexibility index (Phi) is 6.36. The van der Waals surface area contributed by atoms with Gasteiger partial charge in [0.05, 0.1) is 17.3 Å². The molecule has 4 rings (SSSR count). The lowest BCUT2D eigenvalue weighted by Gasteiger charge is -2.31. The van der Waals surface area contributed by atoms with Crippen LogP contribution in [0.4, 0.5) is 32.0 Å². The second-order valence-corrected chi connectivity index (χ2v) is 8.47. The molecule has 13 heteroatoms. The fourth-order valence-corrected chi connectivity index (χ4v) is 4.15. The number of nitrogens with one attached hydrogen (secondary N) is 2. The van der Waals surface area contributed by atoms with Crippen LogP contribution in [0.3, 0.4) is 0 Å². The molecule has 2 atom stereocenters. The standard InChI is InChI=1S/C21H18ClF6N5O/c22-12-4-5-16-15(6-12)17(8-18(32-16)20(23,24)25)30-13-2-1-3-14(7-13)31-19(34)11-9-29-33(10-11)21(26,27)28/h4-6,8-10,13-14H,1-3,7H2,(H,30,32)(H,31,34)/t13-,14+/m0/s1. The number of benzene rings is 1. The maximum atomic E-state index is 13.4. The van der Waals surface area contributed by atoms with Crippen molar-refractivity contribution in [1.29, 1.82) is 0 Å². The summed E-state index contributed by atoms with van der Waals surface area (Å²) in [4.78, 5) is 16.1. The van der Waals surface area contributed by atoms with E-state index in [-0.39, 0.29) is 33.5 Å². The number of nitrogens with zero attached hydrogens (tertiary/aromatic N) is 3. The van der Waals surface area contributed by atoms with Gasteiger partial charge in [0.15, 0.2) is 0 Å². The van der Waals surface area contributed by atoms with Crippen LogP contribution in [0, 0.1) is 0 Å². The molecule has 0 radical (unpaired) electrons. The number of fused-ring (bicyclic) bond motifs is 1. The van der Waals surface area contributed by atoms with E-state index in [4.69, 9.17) is 11.6 Å². The highest BCUT2D eigenvalue weighted by Gasteiger charge is 2.34. The van der Waals surface area contributed by atoms with Crippen LogP contribution in [-0.2, 0) is 12.5 Å². The number of hydrogen-bond donors (Lipinski definition) is 2. The Bertz CT molecular complexity index is 1210. The number of alkyl halides is 6. The number of carbonyl (C=O) groups is 1. The second-order valence-electron chi connectivity index (χ2n) is 8.03. The van der Waals surface area contributed by atoms with Crippen molar-refractivity contribution in [3.8, 4) is 0 Å². The molecule has 6 nitrogen and oxygen atoms in total. The molecule has 1 aliphatic rings. The third-order valence-electron chi connectivity index (χ3n) is 5.53. The van der Waals surface area contributed by atoms with Gasteiger partial charge in [0.1, 0.15) is 5.69 Å². The number of pyridine rings is 1. The summed E-state index contributed by atoms with van der Waals surface area (Å²) in [5.41, 5.74) is -0.948. The zero-order valence-electron chi connectivity index (χ0n) is 17.3. The smallest absolute Gasteiger partial charge is 0.382 e. The van der Waals surface area contributed by atoms with E-state index in [0.717, 1.165) is 12.3 Å². The first-order chi connectivity index (χ1) is 15.9. The molecule has 182 valence electrons. The molecule has 0 unspecified atom stereocenters. The lowest BCUT2D eigenvalue weighted by Crippen LogP contribution is -2.41. The zero-order chi connectivity index (χ0) is 24.7. The maximum Gasteiger partial charge on any atom is 0.504 e. The molecule has 0 saturated heterocycles. The summed E-state index contributed by atoms with van der Waals surface area (Å²) in [5.74, 6) is -0.707. The quantitative estimate of drug-likeness (QED) is 0.444. The molecule has 2 N–H and O–H groups in total. The Morgan fingerprint density at radius 2 is 1.82 bits per heavy atom. The van der Waals surface area contributed by atoms with Crippen molar-refractivity contribution in [1.82, 2.24) is 20.1 Å². The number of halogens is 7. The van der Waals surface area contributed by atoms with Crippen LogP contribution in [0.25, 0.3) is 10.9 Å². The van der Waals surface area contributed by atoms with Gasteiger partial charge in [-0.2, -0.15) is 23.0 Å². The monoisotopic (exact) mass is 505 g/mol. The van der Waals surface area contributed by atoms with E-state index in [9.17, 15) is 31.1 Å². The molecule has 3 aromatic rings. The van der Waals surface area contributed by atoms with Gasteiger partial charge in [-0.15, -0.1) is 13.2 Å². The lowest BCUT2D eigenvalue weighted by molar-refractivity contribution is -0.212. The van der Waals surface area contributed by atoms with Gasteiger partial charge in [-0.1, -0.05) is 11.6 Å². The average Bonchev–Trinajstić information content (AvgIpc) is 3.25. The minimum Gasteiger partial charge on any atom is -0.382 e. The Balaban J connectivity index is 1.50. The van der Waals surface area contributed by atoms with Crippen LogP contribution >= 0.6 is 11.6 Å². The van der Waals surface area contributed by atoms with E-state index in [1.807, 2.05) is 0 Å². The number of rotatable bonds is 4. The van der Waals surface area contributed by atoms with Gasteiger partial charge >= 0.3 is 12.5 Å². The predicted molar refractivity (Wildman–Crippen MR) is 112 cm³/mol. The SMILES string of the molecule is O=C(N[C@@H]1CCC[C@H](Nc2cc(C(F)(F)F)nc3ccc(Cl)cc23)C1)c1cnn(C(F)(F)F)c1. The van der Waals surface area contributed by atoms with Crippen molar-refractivity contribution in [2.75, 3.05) is 5.32 Å². The second kappa shape index (κ2) is 8.97. The molecule has 1 aliphatic carbocycles. The molecule has 34 heavy (non-hydrogen) atoms. The van der Waals surface area contributed by atoms with E-state index < -0.39 is 24.1 Å². The van der Waals surface area contributed by atoms with Crippen molar-refractivity contribution in [3.05, 3.63) is 52.9 Å². The third-order valence-corrected chi connectivity index (χ3v) is 5.77. The highest BCUT2D eigenvalue weighted by molar-refractivity contribution is 6.31. The largest absolute Gasteiger partial charge is 0.504 e. The van der Waals surface area contributed by atoms with E-state index in [1.54, 1.807) is 0 Å². The first-order valence-corrected chi connectivity index (χ1v) is 10.6. The van der Waals surface area contributed by atoms with Gasteiger partial charge in [0.2, 0.25) is 0 Å². The fraction of sp³-hybridized carbons (Fsp3) is 0.381. The number of carbonyl (C=O) groups excluding carboxylic acids is 1. The van der Waals surface area contributed by atoms with E-state index in [2.05, 4.69) is 20.7 Å². The minimum atomic E-state index is -4.73. The molecule has 1 saturated carbocycles. The van der Waals surface area contributed by atoms with E-state index >= 15 is 0 Å². The molecule has 1 amide bonds. The first kappa shape index (κ1) is 24.1. The van der Waals surface area contributed by atoms with E-state index in [1.165, 1.54) is 18.2 Å². The molecular weight excluding hydrogens is 488 g/mol. The third kappa shape index (κ3) is 5.37. The molecule has 0 bridgehead atoms. The molecular formula is C21H18ClF6N5O. The van der Waals surface area contributed by atoms with Crippen molar-refractivity contribution >= 4 is 34.1 Å². The predicted octanol–water partition coefficient (Wildman–Crippen LogP) is 5.73. The summed E-state index contributed by atoms with van der Waals surface area (Å²) in [6.07, 6.45) is -5.73. The van der Waals surface area contributed by atoms with Crippen LogP contribution in [0.1, 0.15) is 41.7 Å². The van der Waals surface area contributed by atoms with Crippen LogP contribution in [0.5, 0.6) is 0 Å². The summed E-state index contributed by atoms with van der Waals surface area (Å²) in [5, 5.41) is 9.71. The van der Waals surface area contributed by atoms with Crippen molar-refractivity contribution in [3.63, 3.8) is 0 Å². The Labute approximate surface area is 194 Å². The summed E-state index contributed by atoms with van der Waals surface area (Å²) < 4.78 is 77.9. The maximum absolute atomic E-state index is 13.4. The summed E-state index contributed by atoms with van der Waals surface area (Å²) in [7, 11) is 0. The van der Waals surface area contributed by atoms with Gasteiger partial charge in [-0.05, 0) is 49.9 Å². The molecule has 2 aromatic heterocycles. The molecule has 2 heterocycles. The minimum absolute atomic E-state index is 0.129. The summed E-state index contributed by atoms with van der Waals surface area (Å²) >= 11 is 6.03. The van der Waals surface area contributed by atoms with Crippen LogP contribution in [-0.4, -0.2) is 32.8 Å². The van der Waals surface area contributed by atoms with Crippen molar-refractivity contribution in [2.24, 2.45) is 0 Å². The number of hydrogen-bond acceptors (Lipinski definition) is 4. The Hall–Kier alpha value is -3.02. The summed E-state index contributed by atoms with van der Waals surface area (Å²) in [6.45, 7) is 0. The van der Waals surface area contributed by atoms with Gasteiger partial charge < -0.3 is 10.6 Å². The van der Waals surface area contributed by atoms with Crippen LogP contribution < -0.4 is 10.6 Å². The lowest BCUT2D eigenvalue weighted by atomic mass is 9.90. The van der Waals surface area contributed by atoms with Gasteiger partial charge in [0, 0.05) is 34.4 Å². The normalized spacial score (nSPS) is 19.3. The first-order valence-electron chi connectivity index (χ1n) is 10.3. The highest BCUT2D eigenvalue weighted by atomic mass is 35.5. The highest BCUT2D eigenvalue weighted by Crippen LogP contribution is 2.35. The molecule has 0 spiro atoms. The number of anilines is 1. The van der Waals surface area contributed by atoms with Crippen molar-refractivity contribution < 1.29 is 31.1 Å². The summed E-state index contributed by atoms with van der Waals surface area (Å²) in [6, 6.07) is 4.63. The van der Waals surface area contributed by atoms with Gasteiger partial charge in [-0.3, -0.25) is 4.79 Å². The number of amides is 1.